The van der Waals surface area contributed by atoms with Crippen molar-refractivity contribution in [3.8, 4) is 0 Å². The standard InChI is InChI=1S/C49H90O5/c1-3-5-7-9-11-13-15-17-18-19-20-21-22-23-24-25-26-27-28-29-30-32-34-36-38-40-42-44-49(52)54-47(45-50)46-53-48(51)43-41-39-37-35-33-31-16-14-12-10-8-6-4-2/h15,17,19-20,22-23,47,50H,3-14,16,18,21,24-46H2,1-2H3/b17-15-,20-19-,23-22-. The van der Waals surface area contributed by atoms with Gasteiger partial charge in [-0.25, -0.2) is 0 Å². The van der Waals surface area contributed by atoms with Crippen LogP contribution in [-0.2, 0) is 19.1 Å². The number of carbonyl (C=O) groups is 2. The molecule has 0 aliphatic heterocycles. The minimum absolute atomic E-state index is 0.0626. The molecule has 0 saturated carbocycles. The lowest BCUT2D eigenvalue weighted by Gasteiger charge is -2.15. The molecule has 0 bridgehead atoms. The first-order valence-corrected chi connectivity index (χ1v) is 23.5. The summed E-state index contributed by atoms with van der Waals surface area (Å²) in [6.45, 7) is 4.14. The fourth-order valence-corrected chi connectivity index (χ4v) is 6.86. The van der Waals surface area contributed by atoms with E-state index in [9.17, 15) is 14.7 Å². The molecule has 54 heavy (non-hydrogen) atoms. The summed E-state index contributed by atoms with van der Waals surface area (Å²) in [5.74, 6) is -0.584. The van der Waals surface area contributed by atoms with Crippen molar-refractivity contribution in [3.05, 3.63) is 36.5 Å². The summed E-state index contributed by atoms with van der Waals surface area (Å²) in [5, 5.41) is 9.59. The van der Waals surface area contributed by atoms with Gasteiger partial charge in [-0.3, -0.25) is 9.59 Å². The molecule has 0 fully saturated rings. The molecule has 0 saturated heterocycles. The maximum atomic E-state index is 12.2. The minimum Gasteiger partial charge on any atom is -0.462 e. The van der Waals surface area contributed by atoms with E-state index in [0.29, 0.717) is 12.8 Å². The molecule has 316 valence electrons. The molecule has 5 heteroatoms. The Balaban J connectivity index is 3.49. The summed E-state index contributed by atoms with van der Waals surface area (Å²) in [6.07, 6.45) is 56.5. The van der Waals surface area contributed by atoms with Gasteiger partial charge < -0.3 is 14.6 Å². The Labute approximate surface area is 336 Å². The van der Waals surface area contributed by atoms with Crippen molar-refractivity contribution in [2.75, 3.05) is 13.2 Å². The van der Waals surface area contributed by atoms with Crippen LogP contribution in [0.4, 0.5) is 0 Å². The fourth-order valence-electron chi connectivity index (χ4n) is 6.86. The van der Waals surface area contributed by atoms with Gasteiger partial charge in [0.1, 0.15) is 6.61 Å². The number of esters is 2. The Hall–Kier alpha value is -1.88. The minimum atomic E-state index is -0.769. The lowest BCUT2D eigenvalue weighted by Crippen LogP contribution is -2.28. The van der Waals surface area contributed by atoms with E-state index in [4.69, 9.17) is 9.47 Å². The molecule has 0 rings (SSSR count). The molecule has 1 unspecified atom stereocenters. The molecule has 0 aromatic rings. The third-order valence-corrected chi connectivity index (χ3v) is 10.4. The molecule has 0 radical (unpaired) electrons. The third kappa shape index (κ3) is 42.9. The Morgan fingerprint density at radius 1 is 0.426 bits per heavy atom. The third-order valence-electron chi connectivity index (χ3n) is 10.4. The van der Waals surface area contributed by atoms with Crippen LogP contribution >= 0.6 is 0 Å². The van der Waals surface area contributed by atoms with E-state index in [0.717, 1.165) is 51.4 Å². The Bertz CT molecular complexity index is 862. The number of allylic oxidation sites excluding steroid dienone is 6. The Kier molecular flexibility index (Phi) is 43.9. The topological polar surface area (TPSA) is 72.8 Å². The van der Waals surface area contributed by atoms with Crippen LogP contribution < -0.4 is 0 Å². The molecule has 0 spiro atoms. The summed E-state index contributed by atoms with van der Waals surface area (Å²) in [4.78, 5) is 24.3. The van der Waals surface area contributed by atoms with Crippen LogP contribution in [0.1, 0.15) is 245 Å². The average molecular weight is 759 g/mol. The quantitative estimate of drug-likeness (QED) is 0.0381. The van der Waals surface area contributed by atoms with Crippen molar-refractivity contribution in [1.29, 1.82) is 0 Å². The first-order chi connectivity index (χ1) is 26.6. The van der Waals surface area contributed by atoms with Crippen molar-refractivity contribution in [1.82, 2.24) is 0 Å². The number of ether oxygens (including phenoxy) is 2. The van der Waals surface area contributed by atoms with Gasteiger partial charge in [-0.05, 0) is 51.4 Å². The maximum Gasteiger partial charge on any atom is 0.306 e. The zero-order valence-corrected chi connectivity index (χ0v) is 36.0. The van der Waals surface area contributed by atoms with Gasteiger partial charge in [0.2, 0.25) is 0 Å². The summed E-state index contributed by atoms with van der Waals surface area (Å²) < 4.78 is 10.6. The SMILES string of the molecule is CCCCCCC/C=C\C/C=C\C/C=C\CCCCCCCCCCCCCCC(=O)OC(CO)COC(=O)CCCCCCCCCCCCCCC. The molecule has 0 aliphatic carbocycles. The number of aliphatic hydroxyl groups excluding tert-OH is 1. The predicted octanol–water partition coefficient (Wildman–Crippen LogP) is 15.2. The largest absolute Gasteiger partial charge is 0.462 e. The van der Waals surface area contributed by atoms with Crippen LogP contribution in [0.5, 0.6) is 0 Å². The molecule has 0 heterocycles. The highest BCUT2D eigenvalue weighted by Crippen LogP contribution is 2.15. The lowest BCUT2D eigenvalue weighted by atomic mass is 10.0. The van der Waals surface area contributed by atoms with Crippen LogP contribution in [-0.4, -0.2) is 36.4 Å². The van der Waals surface area contributed by atoms with E-state index >= 15 is 0 Å². The second-order valence-corrected chi connectivity index (χ2v) is 15.8. The smallest absolute Gasteiger partial charge is 0.306 e. The summed E-state index contributed by atoms with van der Waals surface area (Å²) in [6, 6.07) is 0. The predicted molar refractivity (Wildman–Crippen MR) is 233 cm³/mol. The zero-order chi connectivity index (χ0) is 39.3. The van der Waals surface area contributed by atoms with E-state index in [1.165, 1.54) is 167 Å². The number of aliphatic hydroxyl groups is 1. The highest BCUT2D eigenvalue weighted by molar-refractivity contribution is 5.70. The van der Waals surface area contributed by atoms with Gasteiger partial charge >= 0.3 is 11.9 Å². The van der Waals surface area contributed by atoms with Gasteiger partial charge in [0.25, 0.3) is 0 Å². The van der Waals surface area contributed by atoms with Gasteiger partial charge in [0.15, 0.2) is 6.10 Å². The highest BCUT2D eigenvalue weighted by atomic mass is 16.6. The van der Waals surface area contributed by atoms with E-state index in [-0.39, 0.29) is 25.2 Å². The molecule has 0 amide bonds. The summed E-state index contributed by atoms with van der Waals surface area (Å²) >= 11 is 0. The van der Waals surface area contributed by atoms with Gasteiger partial charge in [0.05, 0.1) is 6.61 Å². The molecule has 5 nitrogen and oxygen atoms in total. The monoisotopic (exact) mass is 759 g/mol. The Morgan fingerprint density at radius 2 is 0.741 bits per heavy atom. The Morgan fingerprint density at radius 3 is 1.11 bits per heavy atom. The van der Waals surface area contributed by atoms with Gasteiger partial charge in [-0.2, -0.15) is 0 Å². The highest BCUT2D eigenvalue weighted by Gasteiger charge is 2.16. The first kappa shape index (κ1) is 52.1. The van der Waals surface area contributed by atoms with Crippen LogP contribution in [0.2, 0.25) is 0 Å². The van der Waals surface area contributed by atoms with Crippen molar-refractivity contribution in [3.63, 3.8) is 0 Å². The summed E-state index contributed by atoms with van der Waals surface area (Å²) in [5.41, 5.74) is 0. The van der Waals surface area contributed by atoms with Crippen LogP contribution in [0, 0.1) is 0 Å². The average Bonchev–Trinajstić information content (AvgIpc) is 3.17. The number of hydrogen-bond donors (Lipinski definition) is 1. The number of hydrogen-bond acceptors (Lipinski definition) is 5. The molecule has 1 N–H and O–H groups in total. The van der Waals surface area contributed by atoms with E-state index < -0.39 is 6.10 Å². The van der Waals surface area contributed by atoms with E-state index in [2.05, 4.69) is 50.3 Å². The first-order valence-electron chi connectivity index (χ1n) is 23.5. The van der Waals surface area contributed by atoms with E-state index in [1.807, 2.05) is 0 Å². The van der Waals surface area contributed by atoms with Gasteiger partial charge in [-0.15, -0.1) is 0 Å². The van der Waals surface area contributed by atoms with Crippen molar-refractivity contribution in [2.45, 2.75) is 251 Å². The normalized spacial score (nSPS) is 12.4. The molecular formula is C49H90O5. The van der Waals surface area contributed by atoms with Gasteiger partial charge in [-0.1, -0.05) is 217 Å². The second kappa shape index (κ2) is 45.5. The number of unbranched alkanes of at least 4 members (excludes halogenated alkanes) is 29. The molecule has 1 atom stereocenters. The van der Waals surface area contributed by atoms with Crippen molar-refractivity contribution >= 4 is 11.9 Å². The van der Waals surface area contributed by atoms with Gasteiger partial charge in [0, 0.05) is 12.8 Å². The van der Waals surface area contributed by atoms with Crippen molar-refractivity contribution in [2.24, 2.45) is 0 Å². The number of rotatable bonds is 43. The van der Waals surface area contributed by atoms with Crippen LogP contribution in [0.15, 0.2) is 36.5 Å². The molecule has 0 aliphatic rings. The fraction of sp³-hybridized carbons (Fsp3) is 0.837. The summed E-state index contributed by atoms with van der Waals surface area (Å²) in [7, 11) is 0. The van der Waals surface area contributed by atoms with Crippen molar-refractivity contribution < 1.29 is 24.2 Å². The molecule has 0 aromatic heterocycles. The lowest BCUT2D eigenvalue weighted by molar-refractivity contribution is -0.161. The second-order valence-electron chi connectivity index (χ2n) is 15.8. The van der Waals surface area contributed by atoms with Crippen LogP contribution in [0.25, 0.3) is 0 Å². The molecular weight excluding hydrogens is 669 g/mol. The maximum absolute atomic E-state index is 12.2. The number of carbonyl (C=O) groups excluding carboxylic acids is 2. The zero-order valence-electron chi connectivity index (χ0n) is 36.0. The van der Waals surface area contributed by atoms with E-state index in [1.54, 1.807) is 0 Å². The van der Waals surface area contributed by atoms with Crippen LogP contribution in [0.3, 0.4) is 0 Å². The molecule has 0 aromatic carbocycles.